The Balaban J connectivity index is 3.33. The molecule has 0 saturated heterocycles. The van der Waals surface area contributed by atoms with Crippen LogP contribution >= 0.6 is 0 Å². The molecule has 1 aliphatic rings. The van der Waals surface area contributed by atoms with Crippen molar-refractivity contribution < 1.29 is 63.6 Å². The molecule has 6 atom stereocenters. The van der Waals surface area contributed by atoms with E-state index in [2.05, 4.69) is 4.74 Å². The zero-order valence-corrected chi connectivity index (χ0v) is 16.6. The van der Waals surface area contributed by atoms with Gasteiger partial charge in [-0.1, -0.05) is 6.92 Å². The highest BCUT2D eigenvalue weighted by Gasteiger charge is 2.65. The molecule has 1 fully saturated rings. The van der Waals surface area contributed by atoms with Gasteiger partial charge in [0.25, 0.3) is 0 Å². The first kappa shape index (κ1) is 27.7. The van der Waals surface area contributed by atoms with Crippen molar-refractivity contribution in [2.75, 3.05) is 0 Å². The Morgan fingerprint density at radius 1 is 0.806 bits per heavy atom. The molecule has 1 rings (SSSR count). The fraction of sp³-hybridized carbons (Fsp3) is 0.941. The fourth-order valence-corrected chi connectivity index (χ4v) is 3.34. The highest BCUT2D eigenvalue weighted by atomic mass is 19.4. The predicted molar refractivity (Wildman–Crippen MR) is 84.0 cm³/mol. The lowest BCUT2D eigenvalue weighted by Gasteiger charge is -2.45. The van der Waals surface area contributed by atoms with E-state index < -0.39 is 85.0 Å². The number of alkyl halides is 10. The zero-order valence-electron chi connectivity index (χ0n) is 16.6. The van der Waals surface area contributed by atoms with Gasteiger partial charge in [0.2, 0.25) is 0 Å². The lowest BCUT2D eigenvalue weighted by atomic mass is 9.69. The molecule has 14 heteroatoms. The third kappa shape index (κ3) is 5.20. The van der Waals surface area contributed by atoms with E-state index in [-0.39, 0.29) is 6.92 Å². The number of rotatable bonds is 5. The number of carbonyl (C=O) groups excluding carboxylic acids is 1. The monoisotopic (exact) mass is 480 g/mol. The van der Waals surface area contributed by atoms with Gasteiger partial charge in [0, 0.05) is 11.8 Å². The lowest BCUT2D eigenvalue weighted by molar-refractivity contribution is -0.348. The summed E-state index contributed by atoms with van der Waals surface area (Å²) in [6, 6.07) is 0. The van der Waals surface area contributed by atoms with E-state index in [1.165, 1.54) is 0 Å². The first-order valence-electron chi connectivity index (χ1n) is 9.07. The molecule has 0 aromatic rings. The first-order chi connectivity index (χ1) is 13.5. The maximum Gasteiger partial charge on any atom is 0.448 e. The van der Waals surface area contributed by atoms with Crippen LogP contribution < -0.4 is 0 Å². The van der Waals surface area contributed by atoms with E-state index in [9.17, 15) is 58.9 Å². The second-order valence-corrected chi connectivity index (χ2v) is 8.13. The minimum atomic E-state index is -5.96. The Hall–Kier alpha value is -1.31. The van der Waals surface area contributed by atoms with Gasteiger partial charge >= 0.3 is 30.4 Å². The molecular formula is C17H22F10O4. The number of halogens is 10. The van der Waals surface area contributed by atoms with Crippen LogP contribution in [0.25, 0.3) is 0 Å². The molecule has 6 unspecified atom stereocenters. The largest absolute Gasteiger partial charge is 0.462 e. The van der Waals surface area contributed by atoms with Gasteiger partial charge < -0.3 is 14.9 Å². The van der Waals surface area contributed by atoms with Gasteiger partial charge in [0.05, 0.1) is 0 Å². The van der Waals surface area contributed by atoms with Crippen LogP contribution in [-0.2, 0) is 9.53 Å². The van der Waals surface area contributed by atoms with Gasteiger partial charge in [-0.15, -0.1) is 0 Å². The molecule has 184 valence electrons. The second-order valence-electron chi connectivity index (χ2n) is 8.13. The number of carbonyl (C=O) groups is 1. The Bertz CT molecular complexity index is 619. The van der Waals surface area contributed by atoms with Crippen molar-refractivity contribution in [1.29, 1.82) is 0 Å². The number of esters is 1. The van der Waals surface area contributed by atoms with Crippen LogP contribution in [0.15, 0.2) is 0 Å². The van der Waals surface area contributed by atoms with E-state index in [1.54, 1.807) is 0 Å². The molecule has 1 saturated carbocycles. The van der Waals surface area contributed by atoms with E-state index in [0.717, 1.165) is 6.92 Å². The molecule has 2 N–H and O–H groups in total. The minimum absolute atomic E-state index is 0.190. The molecule has 4 nitrogen and oxygen atoms in total. The van der Waals surface area contributed by atoms with Crippen molar-refractivity contribution in [3.63, 3.8) is 0 Å². The number of hydrogen-bond donors (Lipinski definition) is 2. The summed E-state index contributed by atoms with van der Waals surface area (Å²) in [5, 5.41) is 19.1. The second kappa shape index (κ2) is 8.23. The van der Waals surface area contributed by atoms with E-state index in [1.807, 2.05) is 0 Å². The molecule has 0 heterocycles. The molecule has 0 aromatic heterocycles. The lowest BCUT2D eigenvalue weighted by Crippen LogP contribution is -2.57. The highest BCUT2D eigenvalue weighted by Crippen LogP contribution is 2.51. The molecule has 0 spiro atoms. The van der Waals surface area contributed by atoms with Crippen molar-refractivity contribution in [3.8, 4) is 0 Å². The molecule has 0 aliphatic heterocycles. The van der Waals surface area contributed by atoms with Crippen LogP contribution in [0.2, 0.25) is 0 Å². The van der Waals surface area contributed by atoms with Gasteiger partial charge in [0.15, 0.2) is 11.0 Å². The average Bonchev–Trinajstić information content (AvgIpc) is 2.57. The first-order valence-corrected chi connectivity index (χ1v) is 9.07. The molecule has 0 aromatic carbocycles. The fourth-order valence-electron chi connectivity index (χ4n) is 3.34. The maximum atomic E-state index is 14.1. The molecule has 0 radical (unpaired) electrons. The van der Waals surface area contributed by atoms with Crippen molar-refractivity contribution in [3.05, 3.63) is 0 Å². The highest BCUT2D eigenvalue weighted by molar-refractivity contribution is 5.77. The number of aliphatic hydroxyl groups is 2. The van der Waals surface area contributed by atoms with Crippen molar-refractivity contribution in [2.24, 2.45) is 17.3 Å². The Morgan fingerprint density at radius 2 is 1.26 bits per heavy atom. The molecular weight excluding hydrogens is 458 g/mol. The number of hydrogen-bond acceptors (Lipinski definition) is 4. The summed E-state index contributed by atoms with van der Waals surface area (Å²) in [6.45, 7) is 1.58. The topological polar surface area (TPSA) is 66.8 Å². The summed E-state index contributed by atoms with van der Waals surface area (Å²) < 4.78 is 137. The smallest absolute Gasteiger partial charge is 0.448 e. The Morgan fingerprint density at radius 3 is 1.61 bits per heavy atom. The van der Waals surface area contributed by atoms with Gasteiger partial charge in [-0.3, -0.25) is 4.79 Å². The van der Waals surface area contributed by atoms with Gasteiger partial charge in [-0.2, -0.15) is 39.5 Å². The standard InChI is InChI=1S/C17H22F10O4/c1-4-12(2,15(19,20)21)11(28)31-10-6-8(13(3,29)16(22,23)24)5-9(7-10)14(18,30)17(25,26)27/h8-10,29-30H,4-7H2,1-3H3. The van der Waals surface area contributed by atoms with Crippen LogP contribution in [-0.4, -0.2) is 52.3 Å². The summed E-state index contributed by atoms with van der Waals surface area (Å²) in [6.07, 6.45) is -23.0. The summed E-state index contributed by atoms with van der Waals surface area (Å²) in [4.78, 5) is 12.1. The average molecular weight is 480 g/mol. The van der Waals surface area contributed by atoms with Crippen LogP contribution in [0, 0.1) is 17.3 Å². The third-order valence-electron chi connectivity index (χ3n) is 6.03. The quantitative estimate of drug-likeness (QED) is 0.437. The van der Waals surface area contributed by atoms with Gasteiger partial charge in [0.1, 0.15) is 6.10 Å². The van der Waals surface area contributed by atoms with Crippen molar-refractivity contribution >= 4 is 5.97 Å². The number of ether oxygens (including phenoxy) is 1. The minimum Gasteiger partial charge on any atom is -0.462 e. The normalized spacial score (nSPS) is 29.5. The van der Waals surface area contributed by atoms with Crippen LogP contribution in [0.3, 0.4) is 0 Å². The van der Waals surface area contributed by atoms with Crippen molar-refractivity contribution in [1.82, 2.24) is 0 Å². The maximum absolute atomic E-state index is 14.1. The van der Waals surface area contributed by atoms with Gasteiger partial charge in [-0.05, 0) is 39.5 Å². The van der Waals surface area contributed by atoms with Crippen LogP contribution in [0.1, 0.15) is 46.5 Å². The SMILES string of the molecule is CCC(C)(C(=O)OC1CC(C(C)(O)C(F)(F)F)CC(C(O)(F)C(F)(F)F)C1)C(F)(F)F. The summed E-state index contributed by atoms with van der Waals surface area (Å²) in [7, 11) is 0. The van der Waals surface area contributed by atoms with Crippen molar-refractivity contribution in [2.45, 2.75) is 82.5 Å². The Kier molecular flexibility index (Phi) is 7.36. The summed E-state index contributed by atoms with van der Waals surface area (Å²) in [5.41, 5.74) is -6.83. The Labute approximate surface area is 170 Å². The molecule has 0 bridgehead atoms. The third-order valence-corrected chi connectivity index (χ3v) is 6.03. The molecule has 1 aliphatic carbocycles. The zero-order chi connectivity index (χ0) is 24.8. The molecule has 0 amide bonds. The van der Waals surface area contributed by atoms with E-state index >= 15 is 0 Å². The van der Waals surface area contributed by atoms with Crippen LogP contribution in [0.4, 0.5) is 43.9 Å². The van der Waals surface area contributed by atoms with Crippen LogP contribution in [0.5, 0.6) is 0 Å². The predicted octanol–water partition coefficient (Wildman–Crippen LogP) is 4.83. The summed E-state index contributed by atoms with van der Waals surface area (Å²) in [5.74, 6) is -11.9. The van der Waals surface area contributed by atoms with E-state index in [4.69, 9.17) is 0 Å². The summed E-state index contributed by atoms with van der Waals surface area (Å²) >= 11 is 0. The van der Waals surface area contributed by atoms with Gasteiger partial charge in [-0.25, -0.2) is 4.39 Å². The molecule has 31 heavy (non-hydrogen) atoms. The van der Waals surface area contributed by atoms with E-state index in [0.29, 0.717) is 6.92 Å².